The summed E-state index contributed by atoms with van der Waals surface area (Å²) in [5, 5.41) is 9.44. The van der Waals surface area contributed by atoms with Gasteiger partial charge in [-0.2, -0.15) is 0 Å². The van der Waals surface area contributed by atoms with E-state index in [1.807, 2.05) is 20.8 Å². The fourth-order valence-corrected chi connectivity index (χ4v) is 3.47. The minimum Gasteiger partial charge on any atom is -0.478 e. The van der Waals surface area contributed by atoms with Gasteiger partial charge in [-0.1, -0.05) is 37.5 Å². The van der Waals surface area contributed by atoms with E-state index < -0.39 is 5.97 Å². The summed E-state index contributed by atoms with van der Waals surface area (Å²) in [6, 6.07) is 0. The Hall–Kier alpha value is -1.05. The maximum absolute atomic E-state index is 11.5. The fourth-order valence-electron chi connectivity index (χ4n) is 3.47. The number of fused-ring (bicyclic) bond motifs is 1. The molecule has 0 saturated heterocycles. The molecule has 0 aromatic rings. The first-order valence-corrected chi connectivity index (χ1v) is 6.36. The van der Waals surface area contributed by atoms with Crippen LogP contribution in [0.5, 0.6) is 0 Å². The van der Waals surface area contributed by atoms with Gasteiger partial charge in [0.25, 0.3) is 0 Å². The second kappa shape index (κ2) is 3.72. The molecule has 0 unspecified atom stereocenters. The maximum Gasteiger partial charge on any atom is 0.332 e. The molecule has 2 atom stereocenters. The molecule has 0 spiro atoms. The SMILES string of the molecule is CC1=C(C)[C@@H]2C(=C(C(=O)O)C(C)(C)C)C[C@@H]2C1. The highest BCUT2D eigenvalue weighted by molar-refractivity contribution is 5.89. The van der Waals surface area contributed by atoms with E-state index in [2.05, 4.69) is 13.8 Å². The van der Waals surface area contributed by atoms with Crippen molar-refractivity contribution in [2.75, 3.05) is 0 Å². The first kappa shape index (κ1) is 12.4. The Morgan fingerprint density at radius 3 is 2.24 bits per heavy atom. The zero-order valence-electron chi connectivity index (χ0n) is 11.4. The molecule has 0 aromatic heterocycles. The summed E-state index contributed by atoms with van der Waals surface area (Å²) in [5.41, 5.74) is 4.45. The average Bonchev–Trinajstić information content (AvgIpc) is 2.31. The summed E-state index contributed by atoms with van der Waals surface area (Å²) in [4.78, 5) is 11.5. The highest BCUT2D eigenvalue weighted by Crippen LogP contribution is 2.56. The van der Waals surface area contributed by atoms with Gasteiger partial charge in [0.2, 0.25) is 0 Å². The Balaban J connectivity index is 2.44. The molecule has 1 N–H and O–H groups in total. The van der Waals surface area contributed by atoms with E-state index in [4.69, 9.17) is 0 Å². The third-order valence-electron chi connectivity index (χ3n) is 4.32. The summed E-state index contributed by atoms with van der Waals surface area (Å²) < 4.78 is 0. The summed E-state index contributed by atoms with van der Waals surface area (Å²) >= 11 is 0. The standard InChI is InChI=1S/C15H22O2/c1-8-6-10-7-11(12(10)9(8)2)13(14(16)17)15(3,4)5/h10,12H,6-7H2,1-5H3,(H,16,17)/t10-,12-/m0/s1. The zero-order chi connectivity index (χ0) is 13.0. The molecular formula is C15H22O2. The van der Waals surface area contributed by atoms with E-state index in [1.165, 1.54) is 16.7 Å². The van der Waals surface area contributed by atoms with Gasteiger partial charge in [-0.3, -0.25) is 0 Å². The lowest BCUT2D eigenvalue weighted by atomic mass is 9.64. The highest BCUT2D eigenvalue weighted by atomic mass is 16.4. The quantitative estimate of drug-likeness (QED) is 0.553. The first-order valence-electron chi connectivity index (χ1n) is 6.36. The fraction of sp³-hybridized carbons (Fsp3) is 0.667. The Bertz CT molecular complexity index is 432. The van der Waals surface area contributed by atoms with Crippen LogP contribution >= 0.6 is 0 Å². The van der Waals surface area contributed by atoms with Gasteiger partial charge >= 0.3 is 5.97 Å². The Labute approximate surface area is 103 Å². The monoisotopic (exact) mass is 234 g/mol. The molecule has 2 heteroatoms. The number of rotatable bonds is 1. The molecule has 0 bridgehead atoms. The summed E-state index contributed by atoms with van der Waals surface area (Å²) in [5.74, 6) is 0.380. The van der Waals surface area contributed by atoms with Gasteiger partial charge < -0.3 is 5.11 Å². The molecule has 0 radical (unpaired) electrons. The molecule has 0 aliphatic heterocycles. The van der Waals surface area contributed by atoms with Crippen molar-refractivity contribution in [3.05, 3.63) is 22.3 Å². The van der Waals surface area contributed by atoms with Crippen LogP contribution in [0, 0.1) is 17.3 Å². The predicted octanol–water partition coefficient (Wildman–Crippen LogP) is 3.79. The van der Waals surface area contributed by atoms with Gasteiger partial charge in [-0.05, 0) is 38.0 Å². The van der Waals surface area contributed by atoms with E-state index in [1.54, 1.807) is 0 Å². The Kier molecular flexibility index (Phi) is 2.72. The number of hydrogen-bond donors (Lipinski definition) is 1. The number of allylic oxidation sites excluding steroid dienone is 3. The van der Waals surface area contributed by atoms with E-state index >= 15 is 0 Å². The maximum atomic E-state index is 11.5. The van der Waals surface area contributed by atoms with Crippen LogP contribution in [-0.4, -0.2) is 11.1 Å². The number of carbonyl (C=O) groups is 1. The molecule has 2 aliphatic carbocycles. The Morgan fingerprint density at radius 1 is 1.24 bits per heavy atom. The minimum absolute atomic E-state index is 0.261. The van der Waals surface area contributed by atoms with Crippen molar-refractivity contribution in [3.63, 3.8) is 0 Å². The summed E-state index contributed by atoms with van der Waals surface area (Å²) in [7, 11) is 0. The molecule has 0 heterocycles. The lowest BCUT2D eigenvalue weighted by molar-refractivity contribution is -0.133. The number of carboxylic acids is 1. The van der Waals surface area contributed by atoms with Crippen molar-refractivity contribution in [3.8, 4) is 0 Å². The second-order valence-corrected chi connectivity index (χ2v) is 6.56. The van der Waals surface area contributed by atoms with Gasteiger partial charge in [0.1, 0.15) is 0 Å². The van der Waals surface area contributed by atoms with Crippen LogP contribution in [0.25, 0.3) is 0 Å². The zero-order valence-corrected chi connectivity index (χ0v) is 11.4. The van der Waals surface area contributed by atoms with Gasteiger partial charge in [0, 0.05) is 11.5 Å². The van der Waals surface area contributed by atoms with Crippen molar-refractivity contribution >= 4 is 5.97 Å². The van der Waals surface area contributed by atoms with Crippen LogP contribution in [0.2, 0.25) is 0 Å². The second-order valence-electron chi connectivity index (χ2n) is 6.56. The molecule has 94 valence electrons. The van der Waals surface area contributed by atoms with E-state index in [9.17, 15) is 9.90 Å². The molecule has 2 aliphatic rings. The molecule has 2 rings (SSSR count). The van der Waals surface area contributed by atoms with Crippen LogP contribution in [-0.2, 0) is 4.79 Å². The number of hydrogen-bond acceptors (Lipinski definition) is 1. The van der Waals surface area contributed by atoms with Gasteiger partial charge in [-0.25, -0.2) is 4.79 Å². The average molecular weight is 234 g/mol. The highest BCUT2D eigenvalue weighted by Gasteiger charge is 2.45. The third-order valence-corrected chi connectivity index (χ3v) is 4.32. The summed E-state index contributed by atoms with van der Waals surface area (Å²) in [6.07, 6.45) is 2.15. The minimum atomic E-state index is -0.733. The van der Waals surface area contributed by atoms with E-state index in [0.717, 1.165) is 12.8 Å². The molecule has 2 nitrogen and oxygen atoms in total. The Morgan fingerprint density at radius 2 is 1.82 bits per heavy atom. The van der Waals surface area contributed by atoms with Crippen molar-refractivity contribution in [2.45, 2.75) is 47.5 Å². The molecule has 0 amide bonds. The smallest absolute Gasteiger partial charge is 0.332 e. The molecule has 1 saturated carbocycles. The van der Waals surface area contributed by atoms with Crippen LogP contribution in [0.3, 0.4) is 0 Å². The third kappa shape index (κ3) is 1.84. The van der Waals surface area contributed by atoms with E-state index in [-0.39, 0.29) is 5.41 Å². The first-order chi connectivity index (χ1) is 7.73. The van der Waals surface area contributed by atoms with Crippen LogP contribution in [0.4, 0.5) is 0 Å². The van der Waals surface area contributed by atoms with Crippen LogP contribution in [0.1, 0.15) is 47.5 Å². The molecule has 1 fully saturated rings. The van der Waals surface area contributed by atoms with Crippen molar-refractivity contribution in [1.82, 2.24) is 0 Å². The predicted molar refractivity (Wildman–Crippen MR) is 68.7 cm³/mol. The van der Waals surface area contributed by atoms with Crippen LogP contribution in [0.15, 0.2) is 22.3 Å². The van der Waals surface area contributed by atoms with Crippen molar-refractivity contribution in [1.29, 1.82) is 0 Å². The van der Waals surface area contributed by atoms with Crippen molar-refractivity contribution < 1.29 is 9.90 Å². The molecule has 0 aromatic carbocycles. The van der Waals surface area contributed by atoms with E-state index in [0.29, 0.717) is 17.4 Å². The number of carboxylic acid groups (broad SMARTS) is 1. The van der Waals surface area contributed by atoms with Gasteiger partial charge in [-0.15, -0.1) is 0 Å². The molecule has 17 heavy (non-hydrogen) atoms. The topological polar surface area (TPSA) is 37.3 Å². The lowest BCUT2D eigenvalue weighted by Gasteiger charge is -2.40. The van der Waals surface area contributed by atoms with Gasteiger partial charge in [0.05, 0.1) is 0 Å². The van der Waals surface area contributed by atoms with Crippen LogP contribution < -0.4 is 0 Å². The van der Waals surface area contributed by atoms with Crippen molar-refractivity contribution in [2.24, 2.45) is 17.3 Å². The normalized spacial score (nSPS) is 31.1. The van der Waals surface area contributed by atoms with Gasteiger partial charge in [0.15, 0.2) is 0 Å². The summed E-state index contributed by atoms with van der Waals surface area (Å²) in [6.45, 7) is 10.3. The largest absolute Gasteiger partial charge is 0.478 e. The molecular weight excluding hydrogens is 212 g/mol. The number of aliphatic carboxylic acids is 1. The lowest BCUT2D eigenvalue weighted by Crippen LogP contribution is -2.32.